The predicted molar refractivity (Wildman–Crippen MR) is 416 cm³/mol. The summed E-state index contributed by atoms with van der Waals surface area (Å²) < 4.78 is 0. The van der Waals surface area contributed by atoms with Crippen molar-refractivity contribution < 1.29 is 0 Å². The normalized spacial score (nSPS) is 11.3. The highest BCUT2D eigenvalue weighted by Crippen LogP contribution is 2.51. The minimum atomic E-state index is 0.0543. The van der Waals surface area contributed by atoms with Gasteiger partial charge in [0, 0.05) is 10.8 Å². The predicted octanol–water partition coefficient (Wildman–Crippen LogP) is 28.6. The molecule has 0 bridgehead atoms. The smallest absolute Gasteiger partial charge is 0.0159 e. The molecule has 0 heteroatoms. The quantitative estimate of drug-likeness (QED) is 0.142. The molecule has 2 aliphatic rings. The molecule has 0 aliphatic heterocycles. The van der Waals surface area contributed by atoms with Crippen molar-refractivity contribution in [3.63, 3.8) is 0 Å². The zero-order valence-electron chi connectivity index (χ0n) is 58.4. The van der Waals surface area contributed by atoms with Gasteiger partial charge in [-0.05, 0) is 133 Å². The molecule has 14 aromatic rings. The van der Waals surface area contributed by atoms with E-state index in [9.17, 15) is 0 Å². The van der Waals surface area contributed by atoms with Crippen LogP contribution in [0.2, 0.25) is 0 Å². The molecule has 92 heavy (non-hydrogen) atoms. The van der Waals surface area contributed by atoms with Crippen LogP contribution in [0.15, 0.2) is 315 Å². The van der Waals surface area contributed by atoms with E-state index in [1.807, 2.05) is 55.4 Å². The van der Waals surface area contributed by atoms with E-state index in [1.54, 1.807) is 0 Å². The minimum Gasteiger partial charge on any atom is -0.0683 e. The molecular weight excluding hydrogens is 1110 g/mol. The number of fused-ring (bicyclic) bond motifs is 12. The minimum absolute atomic E-state index is 0.0543. The Morgan fingerprint density at radius 1 is 0.174 bits per heavy atom. The molecule has 0 saturated carbocycles. The van der Waals surface area contributed by atoms with Crippen LogP contribution in [0, 0.1) is 0 Å². The maximum absolute atomic E-state index is 2.38. The van der Waals surface area contributed by atoms with Crippen LogP contribution in [-0.4, -0.2) is 0 Å². The molecule has 0 spiro atoms. The van der Waals surface area contributed by atoms with Gasteiger partial charge in [0.05, 0.1) is 0 Å². The van der Waals surface area contributed by atoms with Crippen molar-refractivity contribution >= 4 is 64.6 Å². The highest BCUT2D eigenvalue weighted by molar-refractivity contribution is 5.98. The van der Waals surface area contributed by atoms with Crippen molar-refractivity contribution in [2.24, 2.45) is 0 Å². The molecule has 472 valence electrons. The number of rotatable bonds is 0. The van der Waals surface area contributed by atoms with E-state index >= 15 is 0 Å². The second-order valence-corrected chi connectivity index (χ2v) is 22.6. The first kappa shape index (κ1) is 73.4. The lowest BCUT2D eigenvalue weighted by Gasteiger charge is -2.22. The van der Waals surface area contributed by atoms with Crippen LogP contribution in [0.3, 0.4) is 0 Å². The van der Waals surface area contributed by atoms with Crippen molar-refractivity contribution in [1.29, 1.82) is 0 Å². The SMILES string of the molecule is CC.CC.CC.CC.CC1(C)c2cc3ccccc3cc2-c2cc3ccccc3cc21.CC1(C)c2ccccc2-c2ccccc21.CCC.CCC.c1ccc2ccccc2c1.c1ccc2ccccc2c1.c1ccc2ccccc2c1.c1ccc2ccccc2c1. The van der Waals surface area contributed by atoms with Gasteiger partial charge in [-0.1, -0.05) is 415 Å². The summed E-state index contributed by atoms with van der Waals surface area (Å²) in [5.41, 5.74) is 11.6. The van der Waals surface area contributed by atoms with Crippen LogP contribution >= 0.6 is 0 Å². The molecule has 0 saturated heterocycles. The molecule has 0 amide bonds. The third-order valence-electron chi connectivity index (χ3n) is 15.5. The molecule has 14 aromatic carbocycles. The number of hydrogen-bond acceptors (Lipinski definition) is 0. The van der Waals surface area contributed by atoms with Gasteiger partial charge in [-0.25, -0.2) is 0 Å². The van der Waals surface area contributed by atoms with Crippen molar-refractivity contribution in [1.82, 2.24) is 0 Å². The number of hydrogen-bond donors (Lipinski definition) is 0. The Balaban J connectivity index is 0.000000198. The fraction of sp³-hybridized carbons (Fsp3) is 0.217. The first-order valence-corrected chi connectivity index (χ1v) is 34.1. The lowest BCUT2D eigenvalue weighted by atomic mass is 9.81. The average molecular weight is 1210 g/mol. The molecule has 0 nitrogen and oxygen atoms in total. The maximum Gasteiger partial charge on any atom is 0.0159 e. The summed E-state index contributed by atoms with van der Waals surface area (Å²) in [5, 5.41) is 15.8. The second-order valence-electron chi connectivity index (χ2n) is 22.6. The summed E-state index contributed by atoms with van der Waals surface area (Å²) in [5.74, 6) is 0. The fourth-order valence-electron chi connectivity index (χ4n) is 11.3. The van der Waals surface area contributed by atoms with Gasteiger partial charge in [0.2, 0.25) is 0 Å². The molecule has 0 radical (unpaired) electrons. The van der Waals surface area contributed by atoms with Crippen LogP contribution < -0.4 is 0 Å². The molecule has 0 atom stereocenters. The van der Waals surface area contributed by atoms with Gasteiger partial charge in [-0.2, -0.15) is 0 Å². The van der Waals surface area contributed by atoms with Gasteiger partial charge >= 0.3 is 0 Å². The average Bonchev–Trinajstić information content (AvgIpc) is 1.58. The Bertz CT molecular complexity index is 3700. The lowest BCUT2D eigenvalue weighted by molar-refractivity contribution is 0.660. The summed E-state index contributed by atoms with van der Waals surface area (Å²) in [6, 6.07) is 111. The summed E-state index contributed by atoms with van der Waals surface area (Å²) in [4.78, 5) is 0. The van der Waals surface area contributed by atoms with E-state index in [1.165, 1.54) is 122 Å². The van der Waals surface area contributed by atoms with Crippen LogP contribution in [0.1, 0.15) is 146 Å². The van der Waals surface area contributed by atoms with E-state index in [4.69, 9.17) is 0 Å². The molecular formula is C92H104. The van der Waals surface area contributed by atoms with E-state index in [-0.39, 0.29) is 10.8 Å². The first-order valence-electron chi connectivity index (χ1n) is 34.1. The molecule has 0 fully saturated rings. The lowest BCUT2D eigenvalue weighted by Crippen LogP contribution is -2.14. The van der Waals surface area contributed by atoms with E-state index in [0.717, 1.165) is 0 Å². The molecule has 2 aliphatic carbocycles. The van der Waals surface area contributed by atoms with E-state index < -0.39 is 0 Å². The van der Waals surface area contributed by atoms with Crippen molar-refractivity contribution in [3.8, 4) is 22.3 Å². The standard InChI is InChI=1S/C23H18.C15H14.4C10H8.2C3H8.4C2H6/c1-23(2)21-13-17-9-5-3-7-15(17)11-19(21)20-12-16-8-4-6-10-18(16)14-22(20)23;1-15(2)13-9-5-3-7-11(13)12-8-4-6-10-14(12)15;4*1-2-6-10-8-4-3-7-9(10)5-1;2*1-3-2;4*1-2/h3-14H,1-2H3;3-10H,1-2H3;4*1-8H;2*3H2,1-2H3;4*1-2H3. The third kappa shape index (κ3) is 19.3. The highest BCUT2D eigenvalue weighted by atomic mass is 14.4. The van der Waals surface area contributed by atoms with E-state index in [0.29, 0.717) is 0 Å². The Kier molecular flexibility index (Phi) is 31.1. The molecule has 0 heterocycles. The van der Waals surface area contributed by atoms with Gasteiger partial charge in [-0.15, -0.1) is 0 Å². The van der Waals surface area contributed by atoms with Crippen LogP contribution in [0.5, 0.6) is 0 Å². The first-order chi connectivity index (χ1) is 45.0. The summed E-state index contributed by atoms with van der Waals surface area (Å²) in [7, 11) is 0. The molecule has 0 N–H and O–H groups in total. The van der Waals surface area contributed by atoms with Gasteiger partial charge in [0.1, 0.15) is 0 Å². The molecule has 0 aromatic heterocycles. The van der Waals surface area contributed by atoms with Crippen LogP contribution in [0.4, 0.5) is 0 Å². The van der Waals surface area contributed by atoms with Gasteiger partial charge < -0.3 is 0 Å². The van der Waals surface area contributed by atoms with Crippen molar-refractivity contribution in [3.05, 3.63) is 338 Å². The van der Waals surface area contributed by atoms with Crippen LogP contribution in [-0.2, 0) is 10.8 Å². The largest absolute Gasteiger partial charge is 0.0683 e. The van der Waals surface area contributed by atoms with E-state index in [2.05, 4.69) is 371 Å². The summed E-state index contributed by atoms with van der Waals surface area (Å²) in [6.07, 6.45) is 2.50. The van der Waals surface area contributed by atoms with Gasteiger partial charge in [-0.3, -0.25) is 0 Å². The third-order valence-corrected chi connectivity index (χ3v) is 15.5. The number of benzene rings is 14. The van der Waals surface area contributed by atoms with Crippen molar-refractivity contribution in [2.75, 3.05) is 0 Å². The van der Waals surface area contributed by atoms with Crippen LogP contribution in [0.25, 0.3) is 86.9 Å². The Morgan fingerprint density at radius 3 is 0.511 bits per heavy atom. The molecule has 0 unspecified atom stereocenters. The summed E-state index contributed by atoms with van der Waals surface area (Å²) in [6.45, 7) is 33.8. The Morgan fingerprint density at radius 2 is 0.315 bits per heavy atom. The second kappa shape index (κ2) is 39.0. The zero-order chi connectivity index (χ0) is 66.7. The zero-order valence-corrected chi connectivity index (χ0v) is 58.4. The highest BCUT2D eigenvalue weighted by Gasteiger charge is 2.36. The molecule has 16 rings (SSSR count). The maximum atomic E-state index is 2.38. The fourth-order valence-corrected chi connectivity index (χ4v) is 11.3. The van der Waals surface area contributed by atoms with Gasteiger partial charge in [0.25, 0.3) is 0 Å². The Labute approximate surface area is 555 Å². The van der Waals surface area contributed by atoms with Gasteiger partial charge in [0.15, 0.2) is 0 Å². The summed E-state index contributed by atoms with van der Waals surface area (Å²) >= 11 is 0. The topological polar surface area (TPSA) is 0 Å². The monoisotopic (exact) mass is 1210 g/mol. The van der Waals surface area contributed by atoms with Crippen molar-refractivity contribution in [2.45, 2.75) is 134 Å². The Hall–Kier alpha value is -9.36.